The van der Waals surface area contributed by atoms with E-state index < -0.39 is 0 Å². The summed E-state index contributed by atoms with van der Waals surface area (Å²) in [6, 6.07) is 12.9. The quantitative estimate of drug-likeness (QED) is 0.222. The number of benzene rings is 2. The second kappa shape index (κ2) is 13.3. The van der Waals surface area contributed by atoms with Crippen LogP contribution in [-0.4, -0.2) is 96.6 Å². The number of carbonyl (C=O) groups is 3. The first kappa shape index (κ1) is 28.8. The number of imide groups is 1. The summed E-state index contributed by atoms with van der Waals surface area (Å²) in [5.74, 6) is -0.891. The third kappa shape index (κ3) is 6.78. The number of nitrogens with zero attached hydrogens (tertiary/aromatic N) is 4. The predicted octanol–water partition coefficient (Wildman–Crippen LogP) is 3.00. The summed E-state index contributed by atoms with van der Waals surface area (Å²) in [7, 11) is 0. The van der Waals surface area contributed by atoms with Gasteiger partial charge in [-0.2, -0.15) is 0 Å². The Morgan fingerprint density at radius 3 is 2.51 bits per heavy atom. The first-order chi connectivity index (χ1) is 19.9. The first-order valence-corrected chi connectivity index (χ1v) is 14.5. The maximum absolute atomic E-state index is 13.0. The minimum atomic E-state index is -0.353. The Morgan fingerprint density at radius 2 is 1.71 bits per heavy atom. The number of hydrogen-bond acceptors (Lipinski definition) is 8. The van der Waals surface area contributed by atoms with Crippen molar-refractivity contribution in [1.82, 2.24) is 20.1 Å². The molecule has 3 amide bonds. The summed E-state index contributed by atoms with van der Waals surface area (Å²) < 4.78 is 0. The van der Waals surface area contributed by atoms with E-state index in [4.69, 9.17) is 16.7 Å². The van der Waals surface area contributed by atoms with E-state index in [1.54, 1.807) is 18.3 Å². The van der Waals surface area contributed by atoms with E-state index in [0.717, 1.165) is 67.8 Å². The van der Waals surface area contributed by atoms with Crippen molar-refractivity contribution in [3.8, 4) is 0 Å². The number of rotatable bonds is 12. The normalized spacial score (nSPS) is 15.5. The molecule has 0 spiro atoms. The van der Waals surface area contributed by atoms with Crippen LogP contribution in [0.15, 0.2) is 48.7 Å². The second-order valence-electron chi connectivity index (χ2n) is 10.3. The molecule has 3 heterocycles. The fourth-order valence-electron chi connectivity index (χ4n) is 5.33. The summed E-state index contributed by atoms with van der Waals surface area (Å²) in [6.07, 6.45) is 3.46. The molecule has 0 unspecified atom stereocenters. The molecule has 11 heteroatoms. The summed E-state index contributed by atoms with van der Waals surface area (Å²) >= 11 is 6.06. The number of pyridine rings is 1. The van der Waals surface area contributed by atoms with Crippen molar-refractivity contribution in [2.75, 3.05) is 69.2 Å². The van der Waals surface area contributed by atoms with Gasteiger partial charge in [-0.05, 0) is 55.3 Å². The van der Waals surface area contributed by atoms with E-state index >= 15 is 0 Å². The number of aliphatic hydroxyl groups is 1. The Balaban J connectivity index is 1.03. The molecule has 0 saturated carbocycles. The van der Waals surface area contributed by atoms with Crippen LogP contribution >= 0.6 is 11.6 Å². The molecule has 41 heavy (non-hydrogen) atoms. The molecule has 216 valence electrons. The van der Waals surface area contributed by atoms with Crippen LogP contribution in [0.4, 0.5) is 11.4 Å². The lowest BCUT2D eigenvalue weighted by molar-refractivity contribution is -0.121. The molecule has 2 aromatic carbocycles. The number of piperazine rings is 1. The lowest BCUT2D eigenvalue weighted by Gasteiger charge is -2.35. The number of β-amino-alcohol motifs (C(OH)–C–C–N with tert-alkyl or cyclic N) is 1. The number of nitrogens with one attached hydrogen (secondary N) is 2. The molecule has 0 atom stereocenters. The number of unbranched alkanes of at least 4 members (excludes halogenated alkanes) is 1. The fraction of sp³-hybridized carbons (Fsp3) is 0.400. The number of amides is 3. The van der Waals surface area contributed by atoms with Crippen molar-refractivity contribution in [2.45, 2.75) is 19.3 Å². The van der Waals surface area contributed by atoms with Crippen molar-refractivity contribution in [3.63, 3.8) is 0 Å². The van der Waals surface area contributed by atoms with Crippen molar-refractivity contribution in [3.05, 3.63) is 64.8 Å². The third-order valence-corrected chi connectivity index (χ3v) is 7.85. The van der Waals surface area contributed by atoms with Crippen LogP contribution in [0.25, 0.3) is 10.9 Å². The topological polar surface area (TPSA) is 118 Å². The largest absolute Gasteiger partial charge is 0.395 e. The maximum atomic E-state index is 13.0. The molecule has 5 rings (SSSR count). The van der Waals surface area contributed by atoms with Crippen LogP contribution in [-0.2, 0) is 4.79 Å². The summed E-state index contributed by atoms with van der Waals surface area (Å²) in [5, 5.41) is 17.1. The van der Waals surface area contributed by atoms with Gasteiger partial charge in [-0.3, -0.25) is 29.2 Å². The van der Waals surface area contributed by atoms with Gasteiger partial charge in [0.2, 0.25) is 5.91 Å². The van der Waals surface area contributed by atoms with Gasteiger partial charge in [0.15, 0.2) is 0 Å². The molecule has 1 fully saturated rings. The highest BCUT2D eigenvalue weighted by molar-refractivity contribution is 6.31. The Hall–Kier alpha value is -3.73. The average molecular weight is 579 g/mol. The van der Waals surface area contributed by atoms with Gasteiger partial charge in [0.1, 0.15) is 0 Å². The lowest BCUT2D eigenvalue weighted by Crippen LogP contribution is -2.47. The molecule has 10 nitrogen and oxygen atoms in total. The van der Waals surface area contributed by atoms with Crippen LogP contribution in [0.2, 0.25) is 5.02 Å². The highest BCUT2D eigenvalue weighted by Crippen LogP contribution is 2.28. The Kier molecular flexibility index (Phi) is 9.33. The maximum Gasteiger partial charge on any atom is 0.261 e. The van der Waals surface area contributed by atoms with Crippen molar-refractivity contribution < 1.29 is 19.5 Å². The number of anilines is 2. The van der Waals surface area contributed by atoms with Gasteiger partial charge < -0.3 is 20.6 Å². The lowest BCUT2D eigenvalue weighted by atomic mass is 10.1. The number of aliphatic hydroxyl groups excluding tert-OH is 1. The molecule has 2 aliphatic rings. The van der Waals surface area contributed by atoms with E-state index in [2.05, 4.69) is 25.4 Å². The van der Waals surface area contributed by atoms with E-state index in [1.165, 1.54) is 4.90 Å². The van der Waals surface area contributed by atoms with Gasteiger partial charge in [0, 0.05) is 86.8 Å². The van der Waals surface area contributed by atoms with E-state index in [-0.39, 0.29) is 37.3 Å². The number of fused-ring (bicyclic) bond motifs is 2. The van der Waals surface area contributed by atoms with Gasteiger partial charge in [-0.15, -0.1) is 0 Å². The number of carbonyl (C=O) groups excluding carboxylic acids is 3. The van der Waals surface area contributed by atoms with Crippen LogP contribution in [0.3, 0.4) is 0 Å². The zero-order valence-electron chi connectivity index (χ0n) is 22.9. The van der Waals surface area contributed by atoms with Crippen LogP contribution < -0.4 is 15.5 Å². The van der Waals surface area contributed by atoms with E-state index in [9.17, 15) is 14.4 Å². The zero-order chi connectivity index (χ0) is 28.8. The SMILES string of the molecule is O=C(CCN1C(=O)c2ccc(N3CCN(CCO)CC3)cc2C1=O)NCCCCNc1ccnc2cc(Cl)ccc12. The molecule has 2 aliphatic heterocycles. The summed E-state index contributed by atoms with van der Waals surface area (Å²) in [4.78, 5) is 48.3. The summed E-state index contributed by atoms with van der Waals surface area (Å²) in [6.45, 7) is 5.35. The predicted molar refractivity (Wildman–Crippen MR) is 160 cm³/mol. The van der Waals surface area contributed by atoms with Gasteiger partial charge >= 0.3 is 0 Å². The van der Waals surface area contributed by atoms with E-state index in [0.29, 0.717) is 29.2 Å². The van der Waals surface area contributed by atoms with Gasteiger partial charge in [0.05, 0.1) is 23.3 Å². The van der Waals surface area contributed by atoms with Gasteiger partial charge in [-0.25, -0.2) is 0 Å². The standard InChI is InChI=1S/C30H35ClN6O4/c31-21-3-5-24-26(7-11-33-27(24)19-21)32-9-1-2-10-34-28(39)8-12-37-29(40)23-6-4-22(20-25(23)30(37)41)36-15-13-35(14-16-36)17-18-38/h3-7,11,19-20,38H,1-2,8-10,12-18H2,(H,32,33)(H,34,39). The molecule has 1 saturated heterocycles. The zero-order valence-corrected chi connectivity index (χ0v) is 23.7. The number of aromatic nitrogens is 1. The Labute approximate surface area is 244 Å². The van der Waals surface area contributed by atoms with Crippen LogP contribution in [0.5, 0.6) is 0 Å². The molecular weight excluding hydrogens is 544 g/mol. The molecular formula is C30H35ClN6O4. The fourth-order valence-corrected chi connectivity index (χ4v) is 5.49. The van der Waals surface area contributed by atoms with Crippen LogP contribution in [0.1, 0.15) is 40.0 Å². The Bertz CT molecular complexity index is 1430. The Morgan fingerprint density at radius 1 is 0.927 bits per heavy atom. The van der Waals surface area contributed by atoms with E-state index in [1.807, 2.05) is 30.3 Å². The van der Waals surface area contributed by atoms with Crippen molar-refractivity contribution in [1.29, 1.82) is 0 Å². The number of halogens is 1. The first-order valence-electron chi connectivity index (χ1n) is 14.1. The molecule has 3 aromatic rings. The molecule has 0 radical (unpaired) electrons. The second-order valence-corrected chi connectivity index (χ2v) is 10.7. The molecule has 0 bridgehead atoms. The molecule has 0 aliphatic carbocycles. The van der Waals surface area contributed by atoms with Gasteiger partial charge in [-0.1, -0.05) is 11.6 Å². The van der Waals surface area contributed by atoms with Crippen molar-refractivity contribution >= 4 is 51.6 Å². The molecule has 3 N–H and O–H groups in total. The highest BCUT2D eigenvalue weighted by atomic mass is 35.5. The highest BCUT2D eigenvalue weighted by Gasteiger charge is 2.36. The minimum absolute atomic E-state index is 0.0496. The monoisotopic (exact) mass is 578 g/mol. The van der Waals surface area contributed by atoms with Crippen LogP contribution in [0, 0.1) is 0 Å². The smallest absolute Gasteiger partial charge is 0.261 e. The minimum Gasteiger partial charge on any atom is -0.395 e. The summed E-state index contributed by atoms with van der Waals surface area (Å²) in [5.41, 5.74) is 3.51. The molecule has 1 aromatic heterocycles. The number of hydrogen-bond donors (Lipinski definition) is 3. The third-order valence-electron chi connectivity index (χ3n) is 7.62. The van der Waals surface area contributed by atoms with Gasteiger partial charge in [0.25, 0.3) is 11.8 Å². The average Bonchev–Trinajstić information content (AvgIpc) is 3.22. The van der Waals surface area contributed by atoms with Crippen molar-refractivity contribution in [2.24, 2.45) is 0 Å².